The maximum atomic E-state index is 12.0. The van der Waals surface area contributed by atoms with Crippen LogP contribution in [-0.2, 0) is 11.3 Å². The van der Waals surface area contributed by atoms with Crippen LogP contribution in [0.1, 0.15) is 26.2 Å². The van der Waals surface area contributed by atoms with Crippen molar-refractivity contribution in [3.63, 3.8) is 0 Å². The summed E-state index contributed by atoms with van der Waals surface area (Å²) < 4.78 is 2.09. The minimum Gasteiger partial charge on any atom is -0.393 e. The van der Waals surface area contributed by atoms with Crippen molar-refractivity contribution in [1.82, 2.24) is 9.47 Å². The van der Waals surface area contributed by atoms with E-state index >= 15 is 0 Å². The minimum absolute atomic E-state index is 0.227. The van der Waals surface area contributed by atoms with Crippen molar-refractivity contribution in [2.24, 2.45) is 5.92 Å². The zero-order valence-electron chi connectivity index (χ0n) is 11.0. The van der Waals surface area contributed by atoms with Crippen LogP contribution < -0.4 is 0 Å². The standard InChI is InChI=1S/C14H22N2O2/c1-12(17)13-6-10-16(11-13)14(18)5-4-9-15-7-2-3-8-15/h2-3,7-8,12-13,17H,4-6,9-11H2,1H3. The number of carbonyl (C=O) groups is 1. The van der Waals surface area contributed by atoms with Crippen molar-refractivity contribution in [3.05, 3.63) is 24.5 Å². The lowest BCUT2D eigenvalue weighted by atomic mass is 10.0. The maximum absolute atomic E-state index is 12.0. The molecular weight excluding hydrogens is 228 g/mol. The highest BCUT2D eigenvalue weighted by molar-refractivity contribution is 5.76. The van der Waals surface area contributed by atoms with Gasteiger partial charge in [-0.25, -0.2) is 0 Å². The second-order valence-electron chi connectivity index (χ2n) is 5.15. The summed E-state index contributed by atoms with van der Waals surface area (Å²) >= 11 is 0. The second-order valence-corrected chi connectivity index (χ2v) is 5.15. The van der Waals surface area contributed by atoms with Gasteiger partial charge in [-0.2, -0.15) is 0 Å². The summed E-state index contributed by atoms with van der Waals surface area (Å²) in [6, 6.07) is 3.99. The Morgan fingerprint density at radius 3 is 2.78 bits per heavy atom. The average molecular weight is 250 g/mol. The molecule has 1 aromatic heterocycles. The van der Waals surface area contributed by atoms with E-state index in [4.69, 9.17) is 0 Å². The van der Waals surface area contributed by atoms with E-state index in [2.05, 4.69) is 4.57 Å². The zero-order valence-corrected chi connectivity index (χ0v) is 11.0. The third-order valence-corrected chi connectivity index (χ3v) is 3.73. The van der Waals surface area contributed by atoms with Crippen molar-refractivity contribution in [1.29, 1.82) is 0 Å². The van der Waals surface area contributed by atoms with Gasteiger partial charge >= 0.3 is 0 Å². The molecule has 0 spiro atoms. The number of nitrogens with zero attached hydrogens (tertiary/aromatic N) is 2. The lowest BCUT2D eigenvalue weighted by Gasteiger charge is -2.17. The molecule has 0 saturated carbocycles. The fraction of sp³-hybridized carbons (Fsp3) is 0.643. The van der Waals surface area contributed by atoms with E-state index in [1.807, 2.05) is 36.4 Å². The van der Waals surface area contributed by atoms with Gasteiger partial charge in [-0.1, -0.05) is 0 Å². The van der Waals surface area contributed by atoms with Gasteiger partial charge in [0.25, 0.3) is 0 Å². The molecule has 1 aromatic rings. The number of aryl methyl sites for hydroxylation is 1. The molecule has 0 bridgehead atoms. The quantitative estimate of drug-likeness (QED) is 0.860. The van der Waals surface area contributed by atoms with Gasteiger partial charge in [0.1, 0.15) is 0 Å². The molecule has 2 heterocycles. The third-order valence-electron chi connectivity index (χ3n) is 3.73. The van der Waals surface area contributed by atoms with Gasteiger partial charge in [-0.15, -0.1) is 0 Å². The molecule has 2 rings (SSSR count). The molecule has 2 atom stereocenters. The molecule has 1 amide bonds. The minimum atomic E-state index is -0.303. The van der Waals surface area contributed by atoms with Crippen molar-refractivity contribution >= 4 is 5.91 Å². The van der Waals surface area contributed by atoms with Crippen molar-refractivity contribution in [3.8, 4) is 0 Å². The Labute approximate surface area is 108 Å². The molecule has 1 N–H and O–H groups in total. The molecule has 0 aromatic carbocycles. The number of aliphatic hydroxyl groups excluding tert-OH is 1. The van der Waals surface area contributed by atoms with Crippen LogP contribution in [0.2, 0.25) is 0 Å². The zero-order chi connectivity index (χ0) is 13.0. The fourth-order valence-electron chi connectivity index (χ4n) is 2.50. The largest absolute Gasteiger partial charge is 0.393 e. The Morgan fingerprint density at radius 1 is 1.44 bits per heavy atom. The Kier molecular flexibility index (Phi) is 4.42. The Hall–Kier alpha value is -1.29. The first-order chi connectivity index (χ1) is 8.66. The fourth-order valence-corrected chi connectivity index (χ4v) is 2.50. The number of amides is 1. The lowest BCUT2D eigenvalue weighted by molar-refractivity contribution is -0.130. The molecule has 4 nitrogen and oxygen atoms in total. The number of carbonyl (C=O) groups excluding carboxylic acids is 1. The number of aromatic nitrogens is 1. The van der Waals surface area contributed by atoms with Crippen LogP contribution in [0.4, 0.5) is 0 Å². The van der Waals surface area contributed by atoms with Crippen LogP contribution >= 0.6 is 0 Å². The summed E-state index contributed by atoms with van der Waals surface area (Å²) in [4.78, 5) is 13.9. The molecular formula is C14H22N2O2. The smallest absolute Gasteiger partial charge is 0.222 e. The van der Waals surface area contributed by atoms with Gasteiger partial charge in [0, 0.05) is 44.4 Å². The molecule has 4 heteroatoms. The van der Waals surface area contributed by atoms with Gasteiger partial charge < -0.3 is 14.6 Å². The third kappa shape index (κ3) is 3.35. The molecule has 1 aliphatic rings. The predicted octanol–water partition coefficient (Wildman–Crippen LogP) is 1.50. The van der Waals surface area contributed by atoms with E-state index in [-0.39, 0.29) is 17.9 Å². The van der Waals surface area contributed by atoms with E-state index in [1.165, 1.54) is 0 Å². The number of rotatable bonds is 5. The normalized spacial score (nSPS) is 21.2. The molecule has 0 radical (unpaired) electrons. The lowest BCUT2D eigenvalue weighted by Crippen LogP contribution is -2.30. The van der Waals surface area contributed by atoms with E-state index < -0.39 is 0 Å². The average Bonchev–Trinajstić information content (AvgIpc) is 2.99. The Balaban J connectivity index is 1.69. The summed E-state index contributed by atoms with van der Waals surface area (Å²) in [5, 5.41) is 9.51. The highest BCUT2D eigenvalue weighted by Crippen LogP contribution is 2.20. The van der Waals surface area contributed by atoms with E-state index in [0.717, 1.165) is 32.5 Å². The molecule has 1 saturated heterocycles. The Morgan fingerprint density at radius 2 is 2.17 bits per heavy atom. The number of hydrogen-bond donors (Lipinski definition) is 1. The summed E-state index contributed by atoms with van der Waals surface area (Å²) in [6.07, 6.45) is 6.14. The van der Waals surface area contributed by atoms with Crippen LogP contribution in [-0.4, -0.2) is 39.7 Å². The number of hydrogen-bond acceptors (Lipinski definition) is 2. The first kappa shape index (κ1) is 13.1. The molecule has 0 aliphatic carbocycles. The van der Waals surface area contributed by atoms with Crippen molar-refractivity contribution in [2.45, 2.75) is 38.8 Å². The summed E-state index contributed by atoms with van der Waals surface area (Å²) in [7, 11) is 0. The van der Waals surface area contributed by atoms with Gasteiger partial charge in [-0.3, -0.25) is 4.79 Å². The highest BCUT2D eigenvalue weighted by atomic mass is 16.3. The van der Waals surface area contributed by atoms with Gasteiger partial charge in [0.05, 0.1) is 6.10 Å². The summed E-state index contributed by atoms with van der Waals surface area (Å²) in [5.74, 6) is 0.490. The molecule has 1 aliphatic heterocycles. The highest BCUT2D eigenvalue weighted by Gasteiger charge is 2.28. The first-order valence-electron chi connectivity index (χ1n) is 6.73. The molecule has 2 unspecified atom stereocenters. The molecule has 100 valence electrons. The van der Waals surface area contributed by atoms with Crippen LogP contribution in [0.3, 0.4) is 0 Å². The van der Waals surface area contributed by atoms with Gasteiger partial charge in [0.15, 0.2) is 0 Å². The topological polar surface area (TPSA) is 45.5 Å². The maximum Gasteiger partial charge on any atom is 0.222 e. The monoisotopic (exact) mass is 250 g/mol. The van der Waals surface area contributed by atoms with E-state index in [0.29, 0.717) is 6.42 Å². The first-order valence-corrected chi connectivity index (χ1v) is 6.73. The second kappa shape index (κ2) is 6.05. The van der Waals surface area contributed by atoms with Gasteiger partial charge in [0.2, 0.25) is 5.91 Å². The summed E-state index contributed by atoms with van der Waals surface area (Å²) in [6.45, 7) is 4.23. The van der Waals surface area contributed by atoms with Crippen LogP contribution in [0.15, 0.2) is 24.5 Å². The predicted molar refractivity (Wildman–Crippen MR) is 70.0 cm³/mol. The van der Waals surface area contributed by atoms with E-state index in [1.54, 1.807) is 0 Å². The number of likely N-dealkylation sites (tertiary alicyclic amines) is 1. The van der Waals surface area contributed by atoms with Crippen molar-refractivity contribution in [2.75, 3.05) is 13.1 Å². The SMILES string of the molecule is CC(O)C1CCN(C(=O)CCCn2cccc2)C1. The van der Waals surface area contributed by atoms with Crippen LogP contribution in [0.5, 0.6) is 0 Å². The Bertz CT molecular complexity index is 373. The van der Waals surface area contributed by atoms with Crippen molar-refractivity contribution < 1.29 is 9.90 Å². The van der Waals surface area contributed by atoms with Crippen LogP contribution in [0, 0.1) is 5.92 Å². The van der Waals surface area contributed by atoms with Crippen LogP contribution in [0.25, 0.3) is 0 Å². The van der Waals surface area contributed by atoms with Gasteiger partial charge in [-0.05, 0) is 31.9 Å². The van der Waals surface area contributed by atoms with E-state index in [9.17, 15) is 9.90 Å². The number of aliphatic hydroxyl groups is 1. The molecule has 1 fully saturated rings. The summed E-state index contributed by atoms with van der Waals surface area (Å²) in [5.41, 5.74) is 0. The molecule has 18 heavy (non-hydrogen) atoms.